The topological polar surface area (TPSA) is 49.6 Å². The van der Waals surface area contributed by atoms with Gasteiger partial charge in [-0.1, -0.05) is 30.3 Å². The van der Waals surface area contributed by atoms with E-state index in [0.29, 0.717) is 0 Å². The van der Waals surface area contributed by atoms with E-state index in [1.165, 1.54) is 18.4 Å². The molecule has 2 aromatic carbocycles. The maximum atomic E-state index is 12.6. The van der Waals surface area contributed by atoms with Crippen molar-refractivity contribution in [2.45, 2.75) is 32.1 Å². The van der Waals surface area contributed by atoms with Crippen LogP contribution in [0.4, 0.5) is 11.4 Å². The quantitative estimate of drug-likeness (QED) is 0.837. The highest BCUT2D eigenvalue weighted by molar-refractivity contribution is 5.96. The lowest BCUT2D eigenvalue weighted by molar-refractivity contribution is 0.0793. The van der Waals surface area contributed by atoms with Gasteiger partial charge in [0.15, 0.2) is 0 Å². The first-order valence-corrected chi connectivity index (χ1v) is 10.2. The minimum Gasteiger partial charge on any atom is -0.397 e. The summed E-state index contributed by atoms with van der Waals surface area (Å²) in [5.74, 6) is 0.855. The number of piperidine rings is 1. The molecule has 2 saturated heterocycles. The Bertz CT molecular complexity index is 775. The molecule has 2 aliphatic heterocycles. The summed E-state index contributed by atoms with van der Waals surface area (Å²) in [6.45, 7) is 3.80. The van der Waals surface area contributed by atoms with Gasteiger partial charge in [-0.3, -0.25) is 4.79 Å². The van der Waals surface area contributed by atoms with Crippen molar-refractivity contribution in [3.63, 3.8) is 0 Å². The lowest BCUT2D eigenvalue weighted by Crippen LogP contribution is -2.35. The molecule has 4 rings (SSSR count). The maximum Gasteiger partial charge on any atom is 0.253 e. The van der Waals surface area contributed by atoms with Crippen LogP contribution in [0.1, 0.15) is 41.6 Å². The Balaban J connectivity index is 1.37. The predicted octanol–water partition coefficient (Wildman–Crippen LogP) is 3.96. The fraction of sp³-hybridized carbons (Fsp3) is 0.435. The molecule has 0 aromatic heterocycles. The standard InChI is InChI=1S/C23H29N3O/c24-21-17-20(23(27)26-12-4-5-13-26)8-9-22(21)25-14-10-19(11-15-25)16-18-6-2-1-3-7-18/h1-3,6-9,17,19H,4-5,10-16,24H2. The fourth-order valence-electron chi connectivity index (χ4n) is 4.40. The first-order chi connectivity index (χ1) is 13.2. The lowest BCUT2D eigenvalue weighted by atomic mass is 9.90. The maximum absolute atomic E-state index is 12.6. The molecule has 2 aliphatic rings. The van der Waals surface area contributed by atoms with Crippen molar-refractivity contribution in [1.29, 1.82) is 0 Å². The van der Waals surface area contributed by atoms with E-state index < -0.39 is 0 Å². The van der Waals surface area contributed by atoms with Crippen molar-refractivity contribution >= 4 is 17.3 Å². The summed E-state index contributed by atoms with van der Waals surface area (Å²) >= 11 is 0. The second-order valence-corrected chi connectivity index (χ2v) is 7.89. The highest BCUT2D eigenvalue weighted by Gasteiger charge is 2.23. The number of hydrogen-bond acceptors (Lipinski definition) is 3. The van der Waals surface area contributed by atoms with Gasteiger partial charge in [0.25, 0.3) is 5.91 Å². The Labute approximate surface area is 162 Å². The van der Waals surface area contributed by atoms with E-state index in [2.05, 4.69) is 35.2 Å². The zero-order valence-electron chi connectivity index (χ0n) is 15.9. The first-order valence-electron chi connectivity index (χ1n) is 10.2. The molecule has 2 heterocycles. The summed E-state index contributed by atoms with van der Waals surface area (Å²) in [5, 5.41) is 0. The van der Waals surface area contributed by atoms with Gasteiger partial charge in [0.2, 0.25) is 0 Å². The summed E-state index contributed by atoms with van der Waals surface area (Å²) < 4.78 is 0. The molecule has 4 heteroatoms. The van der Waals surface area contributed by atoms with Crippen LogP contribution in [0.3, 0.4) is 0 Å². The Kier molecular flexibility index (Phi) is 5.33. The normalized spacial score (nSPS) is 18.1. The van der Waals surface area contributed by atoms with Crippen LogP contribution in [0, 0.1) is 5.92 Å². The van der Waals surface area contributed by atoms with Crippen LogP contribution in [0.15, 0.2) is 48.5 Å². The van der Waals surface area contributed by atoms with Crippen molar-refractivity contribution < 1.29 is 4.79 Å². The minimum atomic E-state index is 0.118. The average Bonchev–Trinajstić information content (AvgIpc) is 3.24. The third-order valence-electron chi connectivity index (χ3n) is 5.99. The number of nitrogens with zero attached hydrogens (tertiary/aromatic N) is 2. The van der Waals surface area contributed by atoms with Gasteiger partial charge < -0.3 is 15.5 Å². The number of amides is 1. The molecule has 0 spiro atoms. The molecule has 27 heavy (non-hydrogen) atoms. The number of carbonyl (C=O) groups excluding carboxylic acids is 1. The van der Waals surface area contributed by atoms with Gasteiger partial charge in [0, 0.05) is 31.7 Å². The smallest absolute Gasteiger partial charge is 0.253 e. The van der Waals surface area contributed by atoms with Gasteiger partial charge in [-0.15, -0.1) is 0 Å². The summed E-state index contributed by atoms with van der Waals surface area (Å²) in [6.07, 6.45) is 5.74. The molecule has 0 aliphatic carbocycles. The van der Waals surface area contributed by atoms with E-state index in [0.717, 1.165) is 68.3 Å². The number of anilines is 2. The molecule has 0 bridgehead atoms. The Morgan fingerprint density at radius 2 is 1.67 bits per heavy atom. The van der Waals surface area contributed by atoms with E-state index in [9.17, 15) is 4.79 Å². The number of likely N-dealkylation sites (tertiary alicyclic amines) is 1. The highest BCUT2D eigenvalue weighted by Crippen LogP contribution is 2.30. The van der Waals surface area contributed by atoms with Crippen LogP contribution in [0.2, 0.25) is 0 Å². The van der Waals surface area contributed by atoms with Gasteiger partial charge in [-0.25, -0.2) is 0 Å². The molecule has 0 atom stereocenters. The number of carbonyl (C=O) groups is 1. The third-order valence-corrected chi connectivity index (χ3v) is 5.99. The van der Waals surface area contributed by atoms with E-state index in [4.69, 9.17) is 5.73 Å². The average molecular weight is 364 g/mol. The SMILES string of the molecule is Nc1cc(C(=O)N2CCCC2)ccc1N1CCC(Cc2ccccc2)CC1. The zero-order valence-corrected chi connectivity index (χ0v) is 15.9. The van der Waals surface area contributed by atoms with Gasteiger partial charge in [-0.2, -0.15) is 0 Å². The molecule has 2 N–H and O–H groups in total. The Hall–Kier alpha value is -2.49. The summed E-state index contributed by atoms with van der Waals surface area (Å²) in [4.78, 5) is 16.9. The predicted molar refractivity (Wildman–Crippen MR) is 111 cm³/mol. The van der Waals surface area contributed by atoms with E-state index in [1.807, 2.05) is 23.1 Å². The van der Waals surface area contributed by atoms with E-state index in [1.54, 1.807) is 0 Å². The number of rotatable bonds is 4. The van der Waals surface area contributed by atoms with E-state index in [-0.39, 0.29) is 5.91 Å². The van der Waals surface area contributed by atoms with Crippen LogP contribution < -0.4 is 10.6 Å². The molecule has 1 amide bonds. The van der Waals surface area contributed by atoms with Crippen LogP contribution in [0.5, 0.6) is 0 Å². The molecule has 0 unspecified atom stereocenters. The van der Waals surface area contributed by atoms with Crippen molar-refractivity contribution in [2.75, 3.05) is 36.8 Å². The van der Waals surface area contributed by atoms with Crippen molar-refractivity contribution in [3.05, 3.63) is 59.7 Å². The van der Waals surface area contributed by atoms with Crippen LogP contribution in [-0.4, -0.2) is 37.0 Å². The van der Waals surface area contributed by atoms with Crippen LogP contribution in [-0.2, 0) is 6.42 Å². The molecule has 142 valence electrons. The second kappa shape index (κ2) is 8.03. The van der Waals surface area contributed by atoms with Gasteiger partial charge in [-0.05, 0) is 61.8 Å². The minimum absolute atomic E-state index is 0.118. The molecular formula is C23H29N3O. The Morgan fingerprint density at radius 3 is 2.33 bits per heavy atom. The van der Waals surface area contributed by atoms with Crippen molar-refractivity contribution in [1.82, 2.24) is 4.90 Å². The number of benzene rings is 2. The van der Waals surface area contributed by atoms with Crippen molar-refractivity contribution in [3.8, 4) is 0 Å². The summed E-state index contributed by atoms with van der Waals surface area (Å²) in [5.41, 5.74) is 10.3. The van der Waals surface area contributed by atoms with Gasteiger partial charge in [0.05, 0.1) is 11.4 Å². The van der Waals surface area contributed by atoms with Crippen LogP contribution >= 0.6 is 0 Å². The molecule has 0 saturated carbocycles. The largest absolute Gasteiger partial charge is 0.397 e. The third kappa shape index (κ3) is 4.10. The first kappa shape index (κ1) is 17.9. The number of nitrogen functional groups attached to an aromatic ring is 1. The molecule has 2 aromatic rings. The van der Waals surface area contributed by atoms with E-state index >= 15 is 0 Å². The Morgan fingerprint density at radius 1 is 0.963 bits per heavy atom. The number of hydrogen-bond donors (Lipinski definition) is 1. The molecule has 4 nitrogen and oxygen atoms in total. The zero-order chi connectivity index (χ0) is 18.6. The summed E-state index contributed by atoms with van der Waals surface area (Å²) in [6, 6.07) is 16.6. The second-order valence-electron chi connectivity index (χ2n) is 7.89. The summed E-state index contributed by atoms with van der Waals surface area (Å²) in [7, 11) is 0. The van der Waals surface area contributed by atoms with Gasteiger partial charge in [0.1, 0.15) is 0 Å². The molecule has 0 radical (unpaired) electrons. The van der Waals surface area contributed by atoms with Gasteiger partial charge >= 0.3 is 0 Å². The monoisotopic (exact) mass is 363 g/mol. The molecule has 2 fully saturated rings. The highest BCUT2D eigenvalue weighted by atomic mass is 16.2. The van der Waals surface area contributed by atoms with Crippen LogP contribution in [0.25, 0.3) is 0 Å². The lowest BCUT2D eigenvalue weighted by Gasteiger charge is -2.34. The van der Waals surface area contributed by atoms with Crippen molar-refractivity contribution in [2.24, 2.45) is 5.92 Å². The molecular weight excluding hydrogens is 334 g/mol. The number of nitrogens with two attached hydrogens (primary N) is 1. The fourth-order valence-corrected chi connectivity index (χ4v) is 4.40.